The van der Waals surface area contributed by atoms with Gasteiger partial charge in [0.15, 0.2) is 17.6 Å². The van der Waals surface area contributed by atoms with Gasteiger partial charge in [-0.15, -0.1) is 0 Å². The van der Waals surface area contributed by atoms with Gasteiger partial charge in [0.2, 0.25) is 0 Å². The number of aromatic nitrogens is 2. The van der Waals surface area contributed by atoms with E-state index >= 15 is 0 Å². The second-order valence-corrected chi connectivity index (χ2v) is 8.49. The highest BCUT2D eigenvalue weighted by Crippen LogP contribution is 2.37. The Kier molecular flexibility index (Phi) is 7.68. The van der Waals surface area contributed by atoms with Gasteiger partial charge in [0, 0.05) is 10.9 Å². The van der Waals surface area contributed by atoms with Gasteiger partial charge in [0.1, 0.15) is 5.82 Å². The van der Waals surface area contributed by atoms with Crippen LogP contribution in [0.25, 0.3) is 10.9 Å². The predicted octanol–water partition coefficient (Wildman–Crippen LogP) is 4.32. The van der Waals surface area contributed by atoms with E-state index in [9.17, 15) is 9.59 Å². The summed E-state index contributed by atoms with van der Waals surface area (Å²) in [5.74, 6) is 0.775. The summed E-state index contributed by atoms with van der Waals surface area (Å²) in [6.45, 7) is 3.49. The molecule has 0 spiro atoms. The molecule has 0 aliphatic rings. The molecular weight excluding hydrogens is 546 g/mol. The van der Waals surface area contributed by atoms with E-state index in [1.165, 1.54) is 25.1 Å². The van der Waals surface area contributed by atoms with E-state index in [2.05, 4.69) is 41.9 Å². The van der Waals surface area contributed by atoms with E-state index in [0.717, 1.165) is 4.47 Å². The minimum atomic E-state index is -0.821. The first-order valence-corrected chi connectivity index (χ1v) is 11.2. The standard InChI is InChI=1S/C22H21Br2N3O5/c1-5-19-26-17-7-6-14(23)10-15(17)21(28)27(19)25-11-13-8-16(24)20(18(9-13)30-3)32-12(2)22(29)31-4/h6-12H,5H2,1-4H3/t12-/m0/s1. The van der Waals surface area contributed by atoms with Crippen molar-refractivity contribution in [3.8, 4) is 11.5 Å². The summed E-state index contributed by atoms with van der Waals surface area (Å²) in [6.07, 6.45) is 1.25. The van der Waals surface area contributed by atoms with Crippen molar-refractivity contribution in [2.24, 2.45) is 5.10 Å². The van der Waals surface area contributed by atoms with E-state index < -0.39 is 12.1 Å². The largest absolute Gasteiger partial charge is 0.493 e. The van der Waals surface area contributed by atoms with Crippen LogP contribution in [0.3, 0.4) is 0 Å². The molecule has 0 aliphatic carbocycles. The first-order chi connectivity index (χ1) is 15.3. The van der Waals surface area contributed by atoms with Gasteiger partial charge in [-0.3, -0.25) is 4.79 Å². The number of nitrogens with zero attached hydrogens (tertiary/aromatic N) is 3. The van der Waals surface area contributed by atoms with Gasteiger partial charge in [-0.2, -0.15) is 9.78 Å². The number of methoxy groups -OCH3 is 2. The van der Waals surface area contributed by atoms with Crippen molar-refractivity contribution in [3.05, 3.63) is 61.0 Å². The Hall–Kier alpha value is -2.72. The van der Waals surface area contributed by atoms with E-state index in [0.29, 0.717) is 44.7 Å². The molecule has 0 saturated carbocycles. The molecule has 3 aromatic rings. The van der Waals surface area contributed by atoms with Crippen LogP contribution in [0.1, 0.15) is 25.2 Å². The molecule has 0 radical (unpaired) electrons. The highest BCUT2D eigenvalue weighted by Gasteiger charge is 2.20. The van der Waals surface area contributed by atoms with Crippen molar-refractivity contribution in [3.63, 3.8) is 0 Å². The van der Waals surface area contributed by atoms with Gasteiger partial charge in [0.05, 0.1) is 35.8 Å². The molecular formula is C22H21Br2N3O5. The van der Waals surface area contributed by atoms with Crippen LogP contribution in [0.2, 0.25) is 0 Å². The van der Waals surface area contributed by atoms with Crippen LogP contribution in [-0.4, -0.2) is 42.2 Å². The Balaban J connectivity index is 2.02. The van der Waals surface area contributed by atoms with Crippen molar-refractivity contribution in [2.45, 2.75) is 26.4 Å². The number of hydrogen-bond donors (Lipinski definition) is 0. The molecule has 0 amide bonds. The molecule has 32 heavy (non-hydrogen) atoms. The number of halogens is 2. The van der Waals surface area contributed by atoms with Crippen LogP contribution in [0.5, 0.6) is 11.5 Å². The van der Waals surface area contributed by atoms with Crippen molar-refractivity contribution in [2.75, 3.05) is 14.2 Å². The van der Waals surface area contributed by atoms with Crippen LogP contribution in [-0.2, 0) is 16.0 Å². The lowest BCUT2D eigenvalue weighted by atomic mass is 10.2. The molecule has 1 atom stereocenters. The average molecular weight is 567 g/mol. The lowest BCUT2D eigenvalue weighted by Gasteiger charge is -2.17. The number of carbonyl (C=O) groups is 1. The lowest BCUT2D eigenvalue weighted by Crippen LogP contribution is -2.25. The molecule has 0 saturated heterocycles. The highest BCUT2D eigenvalue weighted by atomic mass is 79.9. The number of carbonyl (C=O) groups excluding carboxylic acids is 1. The number of fused-ring (bicyclic) bond motifs is 1. The maximum absolute atomic E-state index is 13.0. The van der Waals surface area contributed by atoms with E-state index in [-0.39, 0.29) is 5.56 Å². The molecule has 2 aromatic carbocycles. The van der Waals surface area contributed by atoms with Crippen molar-refractivity contribution < 1.29 is 19.0 Å². The molecule has 8 nitrogen and oxygen atoms in total. The Morgan fingerprint density at radius 3 is 2.66 bits per heavy atom. The van der Waals surface area contributed by atoms with Gasteiger partial charge < -0.3 is 14.2 Å². The number of esters is 1. The summed E-state index contributed by atoms with van der Waals surface area (Å²) >= 11 is 6.83. The number of rotatable bonds is 7. The number of benzene rings is 2. The third kappa shape index (κ3) is 5.02. The molecule has 168 valence electrons. The lowest BCUT2D eigenvalue weighted by molar-refractivity contribution is -0.147. The highest BCUT2D eigenvalue weighted by molar-refractivity contribution is 9.10. The molecule has 0 N–H and O–H groups in total. The summed E-state index contributed by atoms with van der Waals surface area (Å²) in [4.78, 5) is 29.3. The van der Waals surface area contributed by atoms with E-state index in [1.807, 2.05) is 13.0 Å². The zero-order chi connectivity index (χ0) is 23.4. The topological polar surface area (TPSA) is 92.0 Å². The summed E-state index contributed by atoms with van der Waals surface area (Å²) in [6, 6.07) is 8.80. The van der Waals surface area contributed by atoms with Gasteiger partial charge in [0.25, 0.3) is 5.56 Å². The molecule has 3 rings (SSSR count). The first kappa shape index (κ1) is 23.9. The third-order valence-corrected chi connectivity index (χ3v) is 5.68. The zero-order valence-corrected chi connectivity index (χ0v) is 21.1. The number of hydrogen-bond acceptors (Lipinski definition) is 7. The van der Waals surface area contributed by atoms with Crippen LogP contribution in [0.4, 0.5) is 0 Å². The fourth-order valence-corrected chi connectivity index (χ4v) is 3.90. The predicted molar refractivity (Wildman–Crippen MR) is 129 cm³/mol. The SMILES string of the molecule is CCc1nc2ccc(Br)cc2c(=O)n1N=Cc1cc(Br)c(O[C@@H](C)C(=O)OC)c(OC)c1. The van der Waals surface area contributed by atoms with Crippen molar-refractivity contribution in [1.29, 1.82) is 0 Å². The first-order valence-electron chi connectivity index (χ1n) is 9.66. The summed E-state index contributed by atoms with van der Waals surface area (Å²) in [5, 5.41) is 4.85. The van der Waals surface area contributed by atoms with E-state index in [1.54, 1.807) is 31.2 Å². The summed E-state index contributed by atoms with van der Waals surface area (Å²) < 4.78 is 18.4. The van der Waals surface area contributed by atoms with Crippen LogP contribution >= 0.6 is 31.9 Å². The van der Waals surface area contributed by atoms with Gasteiger partial charge in [-0.1, -0.05) is 22.9 Å². The molecule has 0 fully saturated rings. The zero-order valence-electron chi connectivity index (χ0n) is 17.9. The van der Waals surface area contributed by atoms with E-state index in [4.69, 9.17) is 14.2 Å². The summed E-state index contributed by atoms with van der Waals surface area (Å²) in [7, 11) is 2.78. The molecule has 0 aliphatic heterocycles. The second-order valence-electron chi connectivity index (χ2n) is 6.72. The van der Waals surface area contributed by atoms with Gasteiger partial charge in [-0.05, 0) is 58.7 Å². The van der Waals surface area contributed by atoms with Crippen LogP contribution < -0.4 is 15.0 Å². The molecule has 1 aromatic heterocycles. The fourth-order valence-electron chi connectivity index (χ4n) is 2.99. The minimum Gasteiger partial charge on any atom is -0.493 e. The Morgan fingerprint density at radius 2 is 2.00 bits per heavy atom. The molecule has 0 unspecified atom stereocenters. The number of ether oxygens (including phenoxy) is 3. The Morgan fingerprint density at radius 1 is 1.25 bits per heavy atom. The van der Waals surface area contributed by atoms with Crippen LogP contribution in [0, 0.1) is 0 Å². The normalized spacial score (nSPS) is 12.2. The van der Waals surface area contributed by atoms with Gasteiger partial charge >= 0.3 is 5.97 Å². The minimum absolute atomic E-state index is 0.262. The monoisotopic (exact) mass is 565 g/mol. The molecule has 1 heterocycles. The second kappa shape index (κ2) is 10.3. The average Bonchev–Trinajstić information content (AvgIpc) is 2.79. The van der Waals surface area contributed by atoms with Crippen molar-refractivity contribution >= 4 is 54.9 Å². The maximum atomic E-state index is 13.0. The number of aryl methyl sites for hydroxylation is 1. The molecule has 0 bridgehead atoms. The van der Waals surface area contributed by atoms with Gasteiger partial charge in [-0.25, -0.2) is 9.78 Å². The van der Waals surface area contributed by atoms with Crippen molar-refractivity contribution in [1.82, 2.24) is 9.66 Å². The Bertz CT molecular complexity index is 1260. The van der Waals surface area contributed by atoms with Crippen LogP contribution in [0.15, 0.2) is 49.2 Å². The molecule has 10 heteroatoms. The maximum Gasteiger partial charge on any atom is 0.346 e. The smallest absolute Gasteiger partial charge is 0.346 e. The summed E-state index contributed by atoms with van der Waals surface area (Å²) in [5.41, 5.74) is 1.00. The third-order valence-electron chi connectivity index (χ3n) is 4.59. The Labute approximate surface area is 201 Å². The fraction of sp³-hybridized carbons (Fsp3) is 0.273. The quantitative estimate of drug-likeness (QED) is 0.312.